The molecule has 5 heteroatoms. The minimum absolute atomic E-state index is 0.0517. The van der Waals surface area contributed by atoms with E-state index in [9.17, 15) is 14.7 Å². The third-order valence-corrected chi connectivity index (χ3v) is 3.68. The standard InChI is InChI=1S/C17H26N2O3/c1-5-13(10-20)18-17(22)15(11(2)3)19-16(21)14-9-7-6-8-12(14)4/h6-9,11,13,15,20H,5,10H2,1-4H3,(H,18,22)(H,19,21). The molecule has 0 aromatic heterocycles. The van der Waals surface area contributed by atoms with E-state index in [-0.39, 0.29) is 30.4 Å². The molecule has 3 N–H and O–H groups in total. The van der Waals surface area contributed by atoms with Crippen molar-refractivity contribution in [1.29, 1.82) is 0 Å². The first-order valence-corrected chi connectivity index (χ1v) is 7.68. The van der Waals surface area contributed by atoms with Gasteiger partial charge in [-0.15, -0.1) is 0 Å². The van der Waals surface area contributed by atoms with Crippen molar-refractivity contribution < 1.29 is 14.7 Å². The molecule has 0 aliphatic rings. The molecule has 0 radical (unpaired) electrons. The molecule has 5 nitrogen and oxygen atoms in total. The van der Waals surface area contributed by atoms with Gasteiger partial charge in [-0.3, -0.25) is 9.59 Å². The molecule has 0 bridgehead atoms. The van der Waals surface area contributed by atoms with Crippen molar-refractivity contribution in [1.82, 2.24) is 10.6 Å². The van der Waals surface area contributed by atoms with E-state index in [1.54, 1.807) is 12.1 Å². The molecule has 2 atom stereocenters. The van der Waals surface area contributed by atoms with Crippen molar-refractivity contribution in [3.8, 4) is 0 Å². The summed E-state index contributed by atoms with van der Waals surface area (Å²) < 4.78 is 0. The van der Waals surface area contributed by atoms with Gasteiger partial charge >= 0.3 is 0 Å². The van der Waals surface area contributed by atoms with Crippen molar-refractivity contribution in [2.75, 3.05) is 6.61 Å². The quantitative estimate of drug-likeness (QED) is 0.716. The van der Waals surface area contributed by atoms with Crippen LogP contribution in [-0.4, -0.2) is 35.6 Å². The third kappa shape index (κ3) is 4.84. The number of nitrogens with one attached hydrogen (secondary N) is 2. The lowest BCUT2D eigenvalue weighted by atomic mass is 10.0. The van der Waals surface area contributed by atoms with Crippen molar-refractivity contribution in [3.05, 3.63) is 35.4 Å². The van der Waals surface area contributed by atoms with E-state index in [1.165, 1.54) is 0 Å². The molecule has 0 fully saturated rings. The summed E-state index contributed by atoms with van der Waals surface area (Å²) in [5.74, 6) is -0.578. The normalized spacial score (nSPS) is 13.5. The highest BCUT2D eigenvalue weighted by atomic mass is 16.3. The minimum Gasteiger partial charge on any atom is -0.394 e. The number of aryl methyl sites for hydroxylation is 1. The van der Waals surface area contributed by atoms with Crippen LogP contribution in [0.4, 0.5) is 0 Å². The number of hydrogen-bond acceptors (Lipinski definition) is 3. The molecule has 1 aromatic carbocycles. The summed E-state index contributed by atoms with van der Waals surface area (Å²) in [7, 11) is 0. The van der Waals surface area contributed by atoms with Crippen LogP contribution in [0, 0.1) is 12.8 Å². The summed E-state index contributed by atoms with van der Waals surface area (Å²) in [5, 5.41) is 14.7. The molecule has 2 amide bonds. The molecule has 0 aliphatic carbocycles. The maximum atomic E-state index is 12.4. The topological polar surface area (TPSA) is 78.4 Å². The van der Waals surface area contributed by atoms with Crippen LogP contribution in [0.3, 0.4) is 0 Å². The average Bonchev–Trinajstić information content (AvgIpc) is 2.49. The highest BCUT2D eigenvalue weighted by molar-refractivity contribution is 5.98. The van der Waals surface area contributed by atoms with Crippen LogP contribution >= 0.6 is 0 Å². The van der Waals surface area contributed by atoms with Gasteiger partial charge in [0.15, 0.2) is 0 Å². The summed E-state index contributed by atoms with van der Waals surface area (Å²) in [4.78, 5) is 24.7. The number of carbonyl (C=O) groups is 2. The fraction of sp³-hybridized carbons (Fsp3) is 0.529. The molecule has 0 aliphatic heterocycles. The van der Waals surface area contributed by atoms with Crippen molar-refractivity contribution >= 4 is 11.8 Å². The second-order valence-corrected chi connectivity index (χ2v) is 5.81. The van der Waals surface area contributed by atoms with Gasteiger partial charge < -0.3 is 15.7 Å². The first-order valence-electron chi connectivity index (χ1n) is 7.68. The second kappa shape index (κ2) is 8.54. The highest BCUT2D eigenvalue weighted by Gasteiger charge is 2.26. The SMILES string of the molecule is CCC(CO)NC(=O)C(NC(=O)c1ccccc1C)C(C)C. The van der Waals surface area contributed by atoms with E-state index in [2.05, 4.69) is 10.6 Å². The summed E-state index contributed by atoms with van der Waals surface area (Å²) in [6, 6.07) is 6.34. The highest BCUT2D eigenvalue weighted by Crippen LogP contribution is 2.09. The lowest BCUT2D eigenvalue weighted by Crippen LogP contribution is -2.52. The zero-order valence-corrected chi connectivity index (χ0v) is 13.7. The molecular weight excluding hydrogens is 280 g/mol. The Hall–Kier alpha value is -1.88. The van der Waals surface area contributed by atoms with Crippen LogP contribution in [0.1, 0.15) is 43.1 Å². The lowest BCUT2D eigenvalue weighted by molar-refractivity contribution is -0.125. The van der Waals surface area contributed by atoms with Gasteiger partial charge in [0.25, 0.3) is 5.91 Å². The van der Waals surface area contributed by atoms with Gasteiger partial charge in [0, 0.05) is 5.56 Å². The first-order chi connectivity index (χ1) is 10.4. The fourth-order valence-electron chi connectivity index (χ4n) is 2.15. The van der Waals surface area contributed by atoms with Gasteiger partial charge in [0.1, 0.15) is 6.04 Å². The van der Waals surface area contributed by atoms with Crippen LogP contribution in [0.25, 0.3) is 0 Å². The summed E-state index contributed by atoms with van der Waals surface area (Å²) in [6.07, 6.45) is 0.638. The van der Waals surface area contributed by atoms with Crippen LogP contribution in [0.2, 0.25) is 0 Å². The van der Waals surface area contributed by atoms with Crippen LogP contribution in [-0.2, 0) is 4.79 Å². The first kappa shape index (κ1) is 18.2. The van der Waals surface area contributed by atoms with Gasteiger partial charge in [-0.25, -0.2) is 0 Å². The Bertz CT molecular complexity index is 510. The maximum absolute atomic E-state index is 12.4. The molecule has 22 heavy (non-hydrogen) atoms. The van der Waals surface area contributed by atoms with Crippen LogP contribution < -0.4 is 10.6 Å². The largest absolute Gasteiger partial charge is 0.394 e. The van der Waals surface area contributed by atoms with E-state index in [4.69, 9.17) is 0 Å². The van der Waals surface area contributed by atoms with Crippen molar-refractivity contribution in [3.63, 3.8) is 0 Å². The molecule has 0 heterocycles. The zero-order valence-electron chi connectivity index (χ0n) is 13.7. The fourth-order valence-corrected chi connectivity index (χ4v) is 2.15. The zero-order chi connectivity index (χ0) is 16.7. The van der Waals surface area contributed by atoms with E-state index >= 15 is 0 Å². The second-order valence-electron chi connectivity index (χ2n) is 5.81. The molecule has 122 valence electrons. The van der Waals surface area contributed by atoms with Crippen LogP contribution in [0.5, 0.6) is 0 Å². The third-order valence-electron chi connectivity index (χ3n) is 3.68. The number of aliphatic hydroxyl groups excluding tert-OH is 1. The molecule has 0 saturated carbocycles. The van der Waals surface area contributed by atoms with Gasteiger partial charge in [-0.2, -0.15) is 0 Å². The molecule has 0 spiro atoms. The van der Waals surface area contributed by atoms with E-state index in [0.717, 1.165) is 5.56 Å². The van der Waals surface area contributed by atoms with Gasteiger partial charge in [-0.05, 0) is 30.9 Å². The van der Waals surface area contributed by atoms with Crippen molar-refractivity contribution in [2.45, 2.75) is 46.2 Å². The molecule has 0 saturated heterocycles. The number of amides is 2. The number of carbonyl (C=O) groups excluding carboxylic acids is 2. The molecule has 1 aromatic rings. The number of hydrogen-bond donors (Lipinski definition) is 3. The Morgan fingerprint density at radius 3 is 2.32 bits per heavy atom. The molecule has 1 rings (SSSR count). The Morgan fingerprint density at radius 1 is 1.18 bits per heavy atom. The van der Waals surface area contributed by atoms with Crippen LogP contribution in [0.15, 0.2) is 24.3 Å². The van der Waals surface area contributed by atoms with E-state index < -0.39 is 6.04 Å². The smallest absolute Gasteiger partial charge is 0.252 e. The molecule has 2 unspecified atom stereocenters. The Labute approximate surface area is 132 Å². The Kier molecular flexibility index (Phi) is 7.05. The lowest BCUT2D eigenvalue weighted by Gasteiger charge is -2.24. The molecular formula is C17H26N2O3. The van der Waals surface area contributed by atoms with Gasteiger partial charge in [-0.1, -0.05) is 39.0 Å². The summed E-state index contributed by atoms with van der Waals surface area (Å²) >= 11 is 0. The van der Waals surface area contributed by atoms with Gasteiger partial charge in [0.2, 0.25) is 5.91 Å². The average molecular weight is 306 g/mol. The number of aliphatic hydroxyl groups is 1. The number of rotatable bonds is 7. The Balaban J connectivity index is 2.82. The van der Waals surface area contributed by atoms with Gasteiger partial charge in [0.05, 0.1) is 12.6 Å². The summed E-state index contributed by atoms with van der Waals surface area (Å²) in [5.41, 5.74) is 1.43. The van der Waals surface area contributed by atoms with Crippen molar-refractivity contribution in [2.24, 2.45) is 5.92 Å². The number of benzene rings is 1. The minimum atomic E-state index is -0.632. The predicted octanol–water partition coefficient (Wildman–Crippen LogP) is 1.64. The Morgan fingerprint density at radius 2 is 1.82 bits per heavy atom. The van der Waals surface area contributed by atoms with E-state index in [0.29, 0.717) is 12.0 Å². The van der Waals surface area contributed by atoms with E-state index in [1.807, 2.05) is 39.8 Å². The maximum Gasteiger partial charge on any atom is 0.252 e. The monoisotopic (exact) mass is 306 g/mol. The predicted molar refractivity (Wildman–Crippen MR) is 86.6 cm³/mol. The summed E-state index contributed by atoms with van der Waals surface area (Å²) in [6.45, 7) is 7.39.